The molecule has 0 spiro atoms. The maximum absolute atomic E-state index is 12.9. The summed E-state index contributed by atoms with van der Waals surface area (Å²) in [7, 11) is 0. The van der Waals surface area contributed by atoms with Gasteiger partial charge in [0, 0.05) is 5.39 Å². The molecule has 116 valence electrons. The van der Waals surface area contributed by atoms with Crippen molar-refractivity contribution in [3.63, 3.8) is 0 Å². The van der Waals surface area contributed by atoms with E-state index in [1.54, 1.807) is 24.3 Å². The number of benzene rings is 2. The van der Waals surface area contributed by atoms with E-state index in [0.29, 0.717) is 5.58 Å². The molecule has 3 rings (SSSR count). The highest BCUT2D eigenvalue weighted by atomic mass is 19.4. The molecule has 0 aliphatic rings. The molecule has 0 N–H and O–H groups in total. The Bertz CT molecular complexity index is 855. The van der Waals surface area contributed by atoms with E-state index in [0.717, 1.165) is 23.6 Å². The van der Waals surface area contributed by atoms with Crippen molar-refractivity contribution in [2.75, 3.05) is 0 Å². The van der Waals surface area contributed by atoms with Crippen molar-refractivity contribution < 1.29 is 22.4 Å². The van der Waals surface area contributed by atoms with Crippen molar-refractivity contribution in [2.45, 2.75) is 6.18 Å². The van der Waals surface area contributed by atoms with Crippen molar-refractivity contribution in [3.8, 4) is 0 Å². The van der Waals surface area contributed by atoms with Crippen LogP contribution in [0.4, 0.5) is 13.2 Å². The van der Waals surface area contributed by atoms with Gasteiger partial charge in [0.2, 0.25) is 5.78 Å². The van der Waals surface area contributed by atoms with E-state index in [1.165, 1.54) is 18.2 Å². The van der Waals surface area contributed by atoms with Gasteiger partial charge >= 0.3 is 6.18 Å². The van der Waals surface area contributed by atoms with E-state index in [9.17, 15) is 18.0 Å². The van der Waals surface area contributed by atoms with Gasteiger partial charge in [-0.25, -0.2) is 0 Å². The third-order valence-electron chi connectivity index (χ3n) is 3.35. The highest BCUT2D eigenvalue weighted by molar-refractivity contribution is 6.07. The highest BCUT2D eigenvalue weighted by Gasteiger charge is 2.32. The Balaban J connectivity index is 1.90. The first-order valence-electron chi connectivity index (χ1n) is 6.82. The van der Waals surface area contributed by atoms with Gasteiger partial charge in [-0.1, -0.05) is 42.5 Å². The lowest BCUT2D eigenvalue weighted by Gasteiger charge is -2.09. The molecular weight excluding hydrogens is 305 g/mol. The smallest absolute Gasteiger partial charge is 0.416 e. The van der Waals surface area contributed by atoms with Gasteiger partial charge in [0.05, 0.1) is 5.56 Å². The lowest BCUT2D eigenvalue weighted by Crippen LogP contribution is -2.07. The molecule has 0 bridgehead atoms. The predicted molar refractivity (Wildman–Crippen MR) is 81.0 cm³/mol. The molecule has 2 nitrogen and oxygen atoms in total. The first-order valence-corrected chi connectivity index (χ1v) is 6.82. The van der Waals surface area contributed by atoms with Crippen molar-refractivity contribution in [1.29, 1.82) is 0 Å². The summed E-state index contributed by atoms with van der Waals surface area (Å²) in [5.41, 5.74) is -0.293. The number of furan rings is 1. The monoisotopic (exact) mass is 316 g/mol. The van der Waals surface area contributed by atoms with Crippen LogP contribution in [0, 0.1) is 0 Å². The Hall–Kier alpha value is -2.82. The van der Waals surface area contributed by atoms with E-state index < -0.39 is 17.5 Å². The van der Waals surface area contributed by atoms with Gasteiger partial charge in [0.25, 0.3) is 0 Å². The van der Waals surface area contributed by atoms with E-state index in [4.69, 9.17) is 4.42 Å². The number of hydrogen-bond donors (Lipinski definition) is 0. The lowest BCUT2D eigenvalue weighted by molar-refractivity contribution is -0.137. The Morgan fingerprint density at radius 1 is 1.00 bits per heavy atom. The number of carbonyl (C=O) groups excluding carboxylic acids is 1. The summed E-state index contributed by atoms with van der Waals surface area (Å²) < 4.78 is 44.1. The van der Waals surface area contributed by atoms with Crippen LogP contribution in [0.5, 0.6) is 0 Å². The third-order valence-corrected chi connectivity index (χ3v) is 3.35. The van der Waals surface area contributed by atoms with Gasteiger partial charge in [-0.05, 0) is 29.8 Å². The fourth-order valence-electron chi connectivity index (χ4n) is 2.25. The minimum Gasteiger partial charge on any atom is -0.453 e. The fourth-order valence-corrected chi connectivity index (χ4v) is 2.25. The van der Waals surface area contributed by atoms with Crippen molar-refractivity contribution >= 4 is 22.8 Å². The second-order valence-electron chi connectivity index (χ2n) is 4.93. The number of ketones is 1. The summed E-state index contributed by atoms with van der Waals surface area (Å²) in [6.07, 6.45) is -2.23. The highest BCUT2D eigenvalue weighted by Crippen LogP contribution is 2.32. The minimum absolute atomic E-state index is 0.0653. The van der Waals surface area contributed by atoms with E-state index in [-0.39, 0.29) is 11.3 Å². The SMILES string of the molecule is O=C(/C=C/c1ccccc1C(F)(F)F)c1cc2ccccc2o1. The molecule has 0 saturated heterocycles. The van der Waals surface area contributed by atoms with Gasteiger partial charge in [-0.15, -0.1) is 0 Å². The Kier molecular flexibility index (Phi) is 3.78. The van der Waals surface area contributed by atoms with Crippen LogP contribution in [0.1, 0.15) is 21.7 Å². The maximum Gasteiger partial charge on any atom is 0.416 e. The summed E-state index contributed by atoms with van der Waals surface area (Å²) in [5, 5.41) is 0.764. The first kappa shape index (κ1) is 15.1. The van der Waals surface area contributed by atoms with Gasteiger partial charge < -0.3 is 4.42 Å². The number of alkyl halides is 3. The Morgan fingerprint density at radius 3 is 2.43 bits per heavy atom. The zero-order chi connectivity index (χ0) is 16.4. The average Bonchev–Trinajstić information content (AvgIpc) is 2.96. The summed E-state index contributed by atoms with van der Waals surface area (Å²) >= 11 is 0. The second kappa shape index (κ2) is 5.76. The fraction of sp³-hybridized carbons (Fsp3) is 0.0556. The minimum atomic E-state index is -4.47. The van der Waals surface area contributed by atoms with E-state index in [1.807, 2.05) is 6.07 Å². The normalized spacial score (nSPS) is 12.1. The van der Waals surface area contributed by atoms with Crippen LogP contribution < -0.4 is 0 Å². The molecule has 0 unspecified atom stereocenters. The van der Waals surface area contributed by atoms with Crippen LogP contribution in [0.25, 0.3) is 17.0 Å². The standard InChI is InChI=1S/C18H11F3O2/c19-18(20,21)14-7-3-1-5-12(14)9-10-15(22)17-11-13-6-2-4-8-16(13)23-17/h1-11H/b10-9+. The number of carbonyl (C=O) groups is 1. The number of allylic oxidation sites excluding steroid dienone is 1. The van der Waals surface area contributed by atoms with E-state index >= 15 is 0 Å². The van der Waals surface area contributed by atoms with Crippen molar-refractivity contribution in [2.24, 2.45) is 0 Å². The number of rotatable bonds is 3. The number of hydrogen-bond acceptors (Lipinski definition) is 2. The molecule has 5 heteroatoms. The molecule has 23 heavy (non-hydrogen) atoms. The van der Waals surface area contributed by atoms with Crippen LogP contribution in [-0.2, 0) is 6.18 Å². The quantitative estimate of drug-likeness (QED) is 0.482. The maximum atomic E-state index is 12.9. The van der Waals surface area contributed by atoms with Gasteiger partial charge in [0.1, 0.15) is 5.58 Å². The van der Waals surface area contributed by atoms with E-state index in [2.05, 4.69) is 0 Å². The lowest BCUT2D eigenvalue weighted by atomic mass is 10.1. The van der Waals surface area contributed by atoms with Gasteiger partial charge in [0.15, 0.2) is 5.76 Å². The van der Waals surface area contributed by atoms with Crippen LogP contribution in [0.3, 0.4) is 0 Å². The average molecular weight is 316 g/mol. The van der Waals surface area contributed by atoms with Gasteiger partial charge in [-0.3, -0.25) is 4.79 Å². The molecule has 0 fully saturated rings. The van der Waals surface area contributed by atoms with Gasteiger partial charge in [-0.2, -0.15) is 13.2 Å². The molecule has 3 aromatic rings. The van der Waals surface area contributed by atoms with Crippen molar-refractivity contribution in [3.05, 3.63) is 77.6 Å². The summed E-state index contributed by atoms with van der Waals surface area (Å²) in [5.74, 6) is -0.398. The molecule has 0 atom stereocenters. The van der Waals surface area contributed by atoms with Crippen LogP contribution in [0.2, 0.25) is 0 Å². The molecule has 1 heterocycles. The zero-order valence-electron chi connectivity index (χ0n) is 11.8. The summed E-state index contributed by atoms with van der Waals surface area (Å²) in [6.45, 7) is 0. The molecule has 0 aliphatic carbocycles. The molecular formula is C18H11F3O2. The Labute approximate surface area is 129 Å². The molecule has 0 radical (unpaired) electrons. The molecule has 0 aliphatic heterocycles. The molecule has 2 aromatic carbocycles. The zero-order valence-corrected chi connectivity index (χ0v) is 11.8. The summed E-state index contributed by atoms with van der Waals surface area (Å²) in [6, 6.07) is 13.7. The van der Waals surface area contributed by atoms with Crippen LogP contribution in [-0.4, -0.2) is 5.78 Å². The third kappa shape index (κ3) is 3.18. The van der Waals surface area contributed by atoms with Crippen LogP contribution in [0.15, 0.2) is 65.1 Å². The number of fused-ring (bicyclic) bond motifs is 1. The molecule has 1 aromatic heterocycles. The predicted octanol–water partition coefficient (Wildman–Crippen LogP) is 5.35. The molecule has 0 saturated carbocycles. The molecule has 0 amide bonds. The Morgan fingerprint density at radius 2 is 1.70 bits per heavy atom. The van der Waals surface area contributed by atoms with Crippen LogP contribution >= 0.6 is 0 Å². The second-order valence-corrected chi connectivity index (χ2v) is 4.93. The topological polar surface area (TPSA) is 30.2 Å². The summed E-state index contributed by atoms with van der Waals surface area (Å²) in [4.78, 5) is 12.1. The number of para-hydroxylation sites is 1. The number of halogens is 3. The largest absolute Gasteiger partial charge is 0.453 e. The van der Waals surface area contributed by atoms with Crippen molar-refractivity contribution in [1.82, 2.24) is 0 Å². The first-order chi connectivity index (χ1) is 10.9.